The fourth-order valence-electron chi connectivity index (χ4n) is 3.16. The van der Waals surface area contributed by atoms with Crippen molar-refractivity contribution >= 4 is 45.2 Å². The molecule has 0 aliphatic rings. The molecule has 3 rings (SSSR count). The van der Waals surface area contributed by atoms with Gasteiger partial charge in [-0.1, -0.05) is 11.6 Å². The summed E-state index contributed by atoms with van der Waals surface area (Å²) in [7, 11) is -0.387. The average Bonchev–Trinajstić information content (AvgIpc) is 3.44. The normalized spacial score (nSPS) is 10.8. The van der Waals surface area contributed by atoms with Gasteiger partial charge in [-0.2, -0.15) is 0 Å². The standard InChI is InChI=1S/C24H24ClN3O10S/c1-34-18-7-6-14(23(30)38-13-22(29)27-24(31)26-12-15-5-4-8-37-15)9-21(18)39(32,33)28-17-10-16(25)19(35-2)11-20(17)36-3/h4-11,28H,12-13H2,1-3H3,(H2,26,27,29,31). The van der Waals surface area contributed by atoms with Crippen LogP contribution in [0.15, 0.2) is 58.0 Å². The Balaban J connectivity index is 1.70. The van der Waals surface area contributed by atoms with Crippen LogP contribution in [0.5, 0.6) is 17.2 Å². The Kier molecular flexibility index (Phi) is 9.62. The number of amides is 3. The number of sulfonamides is 1. The lowest BCUT2D eigenvalue weighted by atomic mass is 10.2. The smallest absolute Gasteiger partial charge is 0.338 e. The summed E-state index contributed by atoms with van der Waals surface area (Å²) in [5.41, 5.74) is -0.202. The monoisotopic (exact) mass is 581 g/mol. The first-order chi connectivity index (χ1) is 18.6. The minimum atomic E-state index is -4.36. The van der Waals surface area contributed by atoms with E-state index in [1.165, 1.54) is 51.9 Å². The number of methoxy groups -OCH3 is 3. The molecule has 0 radical (unpaired) electrons. The van der Waals surface area contributed by atoms with Gasteiger partial charge in [0.25, 0.3) is 15.9 Å². The number of urea groups is 1. The van der Waals surface area contributed by atoms with E-state index in [0.29, 0.717) is 5.76 Å². The first-order valence-electron chi connectivity index (χ1n) is 11.0. The second-order valence-corrected chi connectivity index (χ2v) is 9.60. The van der Waals surface area contributed by atoms with E-state index in [1.54, 1.807) is 12.1 Å². The van der Waals surface area contributed by atoms with Gasteiger partial charge in [0.1, 0.15) is 27.9 Å². The third kappa shape index (κ3) is 7.55. The number of rotatable bonds is 11. The largest absolute Gasteiger partial charge is 0.495 e. The Hall–Kier alpha value is -4.43. The van der Waals surface area contributed by atoms with Crippen molar-refractivity contribution in [3.05, 3.63) is 65.1 Å². The molecule has 13 nitrogen and oxygen atoms in total. The molecule has 0 atom stereocenters. The molecule has 0 saturated carbocycles. The van der Waals surface area contributed by atoms with Gasteiger partial charge in [0.15, 0.2) is 6.61 Å². The molecule has 3 N–H and O–H groups in total. The van der Waals surface area contributed by atoms with Crippen molar-refractivity contribution in [1.29, 1.82) is 0 Å². The van der Waals surface area contributed by atoms with Gasteiger partial charge in [-0.05, 0) is 36.4 Å². The summed E-state index contributed by atoms with van der Waals surface area (Å²) in [6, 6.07) is 8.63. The molecular weight excluding hydrogens is 558 g/mol. The van der Waals surface area contributed by atoms with E-state index in [2.05, 4.69) is 10.0 Å². The molecule has 15 heteroatoms. The number of ether oxygens (including phenoxy) is 4. The number of benzene rings is 2. The van der Waals surface area contributed by atoms with Gasteiger partial charge in [-0.25, -0.2) is 18.0 Å². The summed E-state index contributed by atoms with van der Waals surface area (Å²) in [5, 5.41) is 4.50. The highest BCUT2D eigenvalue weighted by atomic mass is 35.5. The molecule has 0 fully saturated rings. The molecule has 2 aromatic carbocycles. The fourth-order valence-corrected chi connectivity index (χ4v) is 4.65. The second kappa shape index (κ2) is 12.9. The number of esters is 1. The van der Waals surface area contributed by atoms with Crippen molar-refractivity contribution in [1.82, 2.24) is 10.6 Å². The van der Waals surface area contributed by atoms with Gasteiger partial charge in [0, 0.05) is 6.07 Å². The van der Waals surface area contributed by atoms with Crippen LogP contribution < -0.4 is 29.6 Å². The van der Waals surface area contributed by atoms with Gasteiger partial charge >= 0.3 is 12.0 Å². The number of furan rings is 1. The number of halogens is 1. The lowest BCUT2D eigenvalue weighted by Crippen LogP contribution is -2.41. The molecule has 0 unspecified atom stereocenters. The molecule has 1 aromatic heterocycles. The minimum absolute atomic E-state index is 0.000303. The topological polar surface area (TPSA) is 171 Å². The van der Waals surface area contributed by atoms with Crippen LogP contribution in [-0.4, -0.2) is 54.3 Å². The zero-order valence-corrected chi connectivity index (χ0v) is 22.5. The Labute approximate surface area is 228 Å². The minimum Gasteiger partial charge on any atom is -0.495 e. The summed E-state index contributed by atoms with van der Waals surface area (Å²) in [5.74, 6) is -1.16. The third-order valence-corrected chi connectivity index (χ3v) is 6.68. The van der Waals surface area contributed by atoms with E-state index in [4.69, 9.17) is 35.0 Å². The molecule has 208 valence electrons. The zero-order valence-electron chi connectivity index (χ0n) is 20.9. The highest BCUT2D eigenvalue weighted by Gasteiger charge is 2.25. The van der Waals surface area contributed by atoms with Crippen molar-refractivity contribution < 1.29 is 46.2 Å². The number of imide groups is 1. The zero-order chi connectivity index (χ0) is 28.6. The predicted octanol–water partition coefficient (Wildman–Crippen LogP) is 2.94. The summed E-state index contributed by atoms with van der Waals surface area (Å²) in [4.78, 5) is 35.9. The molecule has 0 spiro atoms. The maximum atomic E-state index is 13.2. The fraction of sp³-hybridized carbons (Fsp3) is 0.208. The van der Waals surface area contributed by atoms with Crippen LogP contribution >= 0.6 is 11.6 Å². The number of carbonyl (C=O) groups excluding carboxylic acids is 3. The van der Waals surface area contributed by atoms with Crippen molar-refractivity contribution in [2.24, 2.45) is 0 Å². The summed E-state index contributed by atoms with van der Waals surface area (Å²) >= 11 is 6.13. The van der Waals surface area contributed by atoms with Crippen LogP contribution in [0.25, 0.3) is 0 Å². The van der Waals surface area contributed by atoms with Crippen LogP contribution in [-0.2, 0) is 26.1 Å². The molecule has 3 aromatic rings. The molecule has 0 aliphatic carbocycles. The quantitative estimate of drug-likeness (QED) is 0.286. The maximum absolute atomic E-state index is 13.2. The Morgan fingerprint density at radius 2 is 1.67 bits per heavy atom. The Bertz CT molecular complexity index is 1460. The summed E-state index contributed by atoms with van der Waals surface area (Å²) < 4.78 is 54.3. The van der Waals surface area contributed by atoms with Gasteiger partial charge < -0.3 is 28.7 Å². The first-order valence-corrected chi connectivity index (χ1v) is 12.8. The van der Waals surface area contributed by atoms with Crippen LogP contribution in [0.1, 0.15) is 16.1 Å². The lowest BCUT2D eigenvalue weighted by molar-refractivity contribution is -0.123. The molecule has 0 bridgehead atoms. The van der Waals surface area contributed by atoms with E-state index < -0.39 is 39.4 Å². The lowest BCUT2D eigenvalue weighted by Gasteiger charge is -2.16. The number of hydrogen-bond acceptors (Lipinski definition) is 10. The summed E-state index contributed by atoms with van der Waals surface area (Å²) in [6.07, 6.45) is 1.43. The van der Waals surface area contributed by atoms with Gasteiger partial charge in [-0.3, -0.25) is 14.8 Å². The molecule has 39 heavy (non-hydrogen) atoms. The van der Waals surface area contributed by atoms with Crippen molar-refractivity contribution in [3.8, 4) is 17.2 Å². The molecule has 1 heterocycles. The molecular formula is C24H24ClN3O10S. The second-order valence-electron chi connectivity index (χ2n) is 7.54. The molecule has 0 aliphatic heterocycles. The van der Waals surface area contributed by atoms with E-state index in [-0.39, 0.29) is 40.1 Å². The average molecular weight is 582 g/mol. The number of carbonyl (C=O) groups is 3. The van der Waals surface area contributed by atoms with Gasteiger partial charge in [-0.15, -0.1) is 0 Å². The van der Waals surface area contributed by atoms with Crippen molar-refractivity contribution in [2.75, 3.05) is 32.7 Å². The van der Waals surface area contributed by atoms with E-state index in [9.17, 15) is 22.8 Å². The molecule has 3 amide bonds. The third-order valence-electron chi connectivity index (χ3n) is 5.00. The van der Waals surface area contributed by atoms with Gasteiger partial charge in [0.2, 0.25) is 0 Å². The maximum Gasteiger partial charge on any atom is 0.338 e. The van der Waals surface area contributed by atoms with E-state index in [0.717, 1.165) is 6.07 Å². The van der Waals surface area contributed by atoms with Crippen molar-refractivity contribution in [3.63, 3.8) is 0 Å². The highest BCUT2D eigenvalue weighted by molar-refractivity contribution is 7.92. The Morgan fingerprint density at radius 1 is 0.949 bits per heavy atom. The number of anilines is 1. The van der Waals surface area contributed by atoms with Crippen LogP contribution in [0.3, 0.4) is 0 Å². The van der Waals surface area contributed by atoms with Crippen LogP contribution in [0.2, 0.25) is 5.02 Å². The predicted molar refractivity (Wildman–Crippen MR) is 138 cm³/mol. The van der Waals surface area contributed by atoms with Gasteiger partial charge in [0.05, 0.1) is 50.4 Å². The summed E-state index contributed by atoms with van der Waals surface area (Å²) in [6.45, 7) is -0.765. The van der Waals surface area contributed by atoms with Crippen LogP contribution in [0.4, 0.5) is 10.5 Å². The first kappa shape index (κ1) is 29.1. The highest BCUT2D eigenvalue weighted by Crippen LogP contribution is 2.37. The van der Waals surface area contributed by atoms with E-state index >= 15 is 0 Å². The van der Waals surface area contributed by atoms with Crippen molar-refractivity contribution in [2.45, 2.75) is 11.4 Å². The SMILES string of the molecule is COc1cc(OC)c(NS(=O)(=O)c2cc(C(=O)OCC(=O)NC(=O)NCc3ccco3)ccc2OC)cc1Cl. The number of nitrogens with one attached hydrogen (secondary N) is 3. The molecule has 0 saturated heterocycles. The van der Waals surface area contributed by atoms with E-state index in [1.807, 2.05) is 5.32 Å². The Morgan fingerprint density at radius 3 is 2.31 bits per heavy atom. The number of hydrogen-bond donors (Lipinski definition) is 3. The van der Waals surface area contributed by atoms with Crippen LogP contribution in [0, 0.1) is 0 Å².